The highest BCUT2D eigenvalue weighted by Crippen LogP contribution is 2.26. The molecule has 0 unspecified atom stereocenters. The van der Waals surface area contributed by atoms with Crippen molar-refractivity contribution in [3.63, 3.8) is 0 Å². The van der Waals surface area contributed by atoms with Crippen molar-refractivity contribution in [1.82, 2.24) is 0 Å². The number of hydrogen-bond acceptors (Lipinski definition) is 3. The lowest BCUT2D eigenvalue weighted by molar-refractivity contribution is 0.100. The smallest absolute Gasteiger partial charge is 0.250 e. The molecule has 0 aliphatic rings. The first-order valence-corrected chi connectivity index (χ1v) is 6.64. The molecule has 0 aromatic heterocycles. The van der Waals surface area contributed by atoms with E-state index in [0.717, 1.165) is 11.8 Å². The molecule has 5 N–H and O–H groups in total. The van der Waals surface area contributed by atoms with Crippen LogP contribution in [0.5, 0.6) is 0 Å². The zero-order valence-corrected chi connectivity index (χ0v) is 12.0. The number of benzene rings is 2. The molecular weight excluding hydrogens is 269 g/mol. The van der Waals surface area contributed by atoms with Gasteiger partial charge in [-0.15, -0.1) is 0 Å². The average Bonchev–Trinajstić information content (AvgIpc) is 2.42. The van der Waals surface area contributed by atoms with Crippen LogP contribution in [0.15, 0.2) is 36.4 Å². The largest absolute Gasteiger partial charge is 0.398 e. The first-order chi connectivity index (χ1) is 9.88. The number of anilines is 3. The maximum Gasteiger partial charge on any atom is 0.250 e. The number of carbonyl (C=O) groups is 1. The van der Waals surface area contributed by atoms with E-state index < -0.39 is 11.7 Å². The number of primary amides is 1. The predicted octanol–water partition coefficient (Wildman–Crippen LogP) is 3.37. The third kappa shape index (κ3) is 3.31. The Morgan fingerprint density at radius 1 is 1.19 bits per heavy atom. The predicted molar refractivity (Wildman–Crippen MR) is 83.1 cm³/mol. The zero-order valence-electron chi connectivity index (χ0n) is 12.0. The lowest BCUT2D eigenvalue weighted by Gasteiger charge is -2.12. The van der Waals surface area contributed by atoms with Crippen molar-refractivity contribution in [2.45, 2.75) is 19.8 Å². The van der Waals surface area contributed by atoms with E-state index in [1.165, 1.54) is 11.6 Å². The van der Waals surface area contributed by atoms with Crippen LogP contribution in [0.4, 0.5) is 21.5 Å². The maximum absolute atomic E-state index is 13.9. The molecule has 1 amide bonds. The van der Waals surface area contributed by atoms with Crippen LogP contribution in [-0.2, 0) is 0 Å². The van der Waals surface area contributed by atoms with Crippen LogP contribution < -0.4 is 16.8 Å². The molecule has 110 valence electrons. The Labute approximate surface area is 123 Å². The van der Waals surface area contributed by atoms with E-state index in [1.807, 2.05) is 24.3 Å². The van der Waals surface area contributed by atoms with Gasteiger partial charge in [-0.2, -0.15) is 0 Å². The molecule has 0 spiro atoms. The summed E-state index contributed by atoms with van der Waals surface area (Å²) in [6, 6.07) is 10.1. The van der Waals surface area contributed by atoms with Crippen LogP contribution in [-0.4, -0.2) is 5.91 Å². The summed E-state index contributed by atoms with van der Waals surface area (Å²) in [6.07, 6.45) is 0. The van der Waals surface area contributed by atoms with Crippen molar-refractivity contribution >= 4 is 23.0 Å². The summed E-state index contributed by atoms with van der Waals surface area (Å²) in [7, 11) is 0. The molecule has 5 heteroatoms. The van der Waals surface area contributed by atoms with Crippen molar-refractivity contribution in [3.8, 4) is 0 Å². The van der Waals surface area contributed by atoms with Gasteiger partial charge in [0.15, 0.2) is 0 Å². The van der Waals surface area contributed by atoms with Crippen LogP contribution in [0.25, 0.3) is 0 Å². The van der Waals surface area contributed by atoms with Crippen molar-refractivity contribution in [3.05, 3.63) is 53.3 Å². The van der Waals surface area contributed by atoms with Crippen LogP contribution in [0.3, 0.4) is 0 Å². The Kier molecular flexibility index (Phi) is 4.12. The summed E-state index contributed by atoms with van der Waals surface area (Å²) in [6.45, 7) is 4.20. The number of nitrogen functional groups attached to an aromatic ring is 1. The molecule has 0 heterocycles. The van der Waals surface area contributed by atoms with E-state index in [9.17, 15) is 9.18 Å². The molecule has 2 aromatic rings. The monoisotopic (exact) mass is 287 g/mol. The van der Waals surface area contributed by atoms with E-state index in [1.54, 1.807) is 0 Å². The molecule has 0 saturated carbocycles. The Bertz CT molecular complexity index is 666. The second-order valence-electron chi connectivity index (χ2n) is 5.19. The van der Waals surface area contributed by atoms with E-state index in [-0.39, 0.29) is 16.9 Å². The zero-order chi connectivity index (χ0) is 15.6. The molecule has 4 nitrogen and oxygen atoms in total. The van der Waals surface area contributed by atoms with Gasteiger partial charge in [-0.25, -0.2) is 4.39 Å². The maximum atomic E-state index is 13.9. The lowest BCUT2D eigenvalue weighted by atomic mass is 10.0. The topological polar surface area (TPSA) is 81.1 Å². The van der Waals surface area contributed by atoms with E-state index in [2.05, 4.69) is 19.2 Å². The van der Waals surface area contributed by atoms with Crippen LogP contribution >= 0.6 is 0 Å². The van der Waals surface area contributed by atoms with Crippen LogP contribution in [0.2, 0.25) is 0 Å². The fourth-order valence-corrected chi connectivity index (χ4v) is 2.00. The Hall–Kier alpha value is -2.56. The number of nitrogens with one attached hydrogen (secondary N) is 1. The molecule has 2 aromatic carbocycles. The van der Waals surface area contributed by atoms with Crippen LogP contribution in [0.1, 0.15) is 35.7 Å². The number of nitrogens with two attached hydrogens (primary N) is 2. The third-order valence-electron chi connectivity index (χ3n) is 3.26. The minimum Gasteiger partial charge on any atom is -0.398 e. The highest BCUT2D eigenvalue weighted by molar-refractivity contribution is 5.99. The Morgan fingerprint density at radius 3 is 2.33 bits per heavy atom. The molecule has 0 aliphatic carbocycles. The first-order valence-electron chi connectivity index (χ1n) is 6.64. The third-order valence-corrected chi connectivity index (χ3v) is 3.26. The summed E-state index contributed by atoms with van der Waals surface area (Å²) < 4.78 is 13.9. The molecule has 0 radical (unpaired) electrons. The molecular formula is C16H18FN3O. The second kappa shape index (κ2) is 5.83. The van der Waals surface area contributed by atoms with Gasteiger partial charge in [-0.05, 0) is 35.7 Å². The van der Waals surface area contributed by atoms with Gasteiger partial charge in [0.1, 0.15) is 5.82 Å². The minimum atomic E-state index is -0.689. The summed E-state index contributed by atoms with van der Waals surface area (Å²) in [4.78, 5) is 11.2. The molecule has 2 rings (SSSR count). The summed E-state index contributed by atoms with van der Waals surface area (Å²) in [5.74, 6) is -0.801. The van der Waals surface area contributed by atoms with E-state index in [4.69, 9.17) is 11.5 Å². The van der Waals surface area contributed by atoms with E-state index in [0.29, 0.717) is 5.92 Å². The second-order valence-corrected chi connectivity index (χ2v) is 5.19. The Balaban J connectivity index is 2.30. The van der Waals surface area contributed by atoms with Gasteiger partial charge in [0, 0.05) is 11.4 Å². The molecule has 21 heavy (non-hydrogen) atoms. The van der Waals surface area contributed by atoms with Gasteiger partial charge in [-0.1, -0.05) is 26.0 Å². The highest BCUT2D eigenvalue weighted by Gasteiger charge is 2.12. The first kappa shape index (κ1) is 14.8. The molecule has 0 atom stereocenters. The standard InChI is InChI=1S/C16H18FN3O/c1-9(2)10-3-5-11(6-4-10)20-15-7-12(16(19)21)14(18)8-13(15)17/h3-9,20H,18H2,1-2H3,(H2,19,21). The van der Waals surface area contributed by atoms with Crippen molar-refractivity contribution in [2.75, 3.05) is 11.1 Å². The summed E-state index contributed by atoms with van der Waals surface area (Å²) in [5.41, 5.74) is 13.0. The van der Waals surface area contributed by atoms with E-state index >= 15 is 0 Å². The van der Waals surface area contributed by atoms with Gasteiger partial charge in [-0.3, -0.25) is 4.79 Å². The van der Waals surface area contributed by atoms with Gasteiger partial charge in [0.05, 0.1) is 11.3 Å². The van der Waals surface area contributed by atoms with Gasteiger partial charge in [0.2, 0.25) is 0 Å². The van der Waals surface area contributed by atoms with Crippen molar-refractivity contribution in [1.29, 1.82) is 0 Å². The SMILES string of the molecule is CC(C)c1ccc(Nc2cc(C(N)=O)c(N)cc2F)cc1. The summed E-state index contributed by atoms with van der Waals surface area (Å²) in [5, 5.41) is 2.92. The molecule has 0 saturated heterocycles. The fraction of sp³-hybridized carbons (Fsp3) is 0.188. The normalized spacial score (nSPS) is 10.7. The Morgan fingerprint density at radius 2 is 1.81 bits per heavy atom. The molecule has 0 aliphatic heterocycles. The number of hydrogen-bond donors (Lipinski definition) is 3. The van der Waals surface area contributed by atoms with Gasteiger partial charge < -0.3 is 16.8 Å². The quantitative estimate of drug-likeness (QED) is 0.754. The minimum absolute atomic E-state index is 0.0284. The fourth-order valence-electron chi connectivity index (χ4n) is 2.00. The number of halogens is 1. The number of amides is 1. The lowest BCUT2D eigenvalue weighted by Crippen LogP contribution is -2.14. The summed E-state index contributed by atoms with van der Waals surface area (Å²) >= 11 is 0. The van der Waals surface area contributed by atoms with Crippen molar-refractivity contribution < 1.29 is 9.18 Å². The molecule has 0 bridgehead atoms. The highest BCUT2D eigenvalue weighted by atomic mass is 19.1. The van der Waals surface area contributed by atoms with Gasteiger partial charge >= 0.3 is 0 Å². The van der Waals surface area contributed by atoms with Gasteiger partial charge in [0.25, 0.3) is 5.91 Å². The average molecular weight is 287 g/mol. The number of carbonyl (C=O) groups excluding carboxylic acids is 1. The van der Waals surface area contributed by atoms with Crippen molar-refractivity contribution in [2.24, 2.45) is 5.73 Å². The molecule has 0 fully saturated rings. The van der Waals surface area contributed by atoms with Crippen LogP contribution in [0, 0.1) is 5.82 Å². The number of rotatable bonds is 4.